The van der Waals surface area contributed by atoms with Gasteiger partial charge in [0, 0.05) is 17.2 Å². The summed E-state index contributed by atoms with van der Waals surface area (Å²) in [5.41, 5.74) is 2.11. The molecule has 1 unspecified atom stereocenters. The molecule has 5 rings (SSSR count). The van der Waals surface area contributed by atoms with Gasteiger partial charge in [0.2, 0.25) is 0 Å². The van der Waals surface area contributed by atoms with Crippen molar-refractivity contribution in [1.82, 2.24) is 4.98 Å². The standard InChI is InChI=1S/C18H24BrN/c19-17(8-13-1-3-20-4-2-13)12-18-9-14-5-15(10-18)7-16(6-14)11-18/h1-4,14-17H,5-12H2. The van der Waals surface area contributed by atoms with Crippen molar-refractivity contribution in [3.63, 3.8) is 0 Å². The zero-order chi connectivity index (χ0) is 13.6. The first kappa shape index (κ1) is 13.3. The molecule has 0 spiro atoms. The highest BCUT2D eigenvalue weighted by Gasteiger charge is 2.50. The lowest BCUT2D eigenvalue weighted by molar-refractivity contribution is -0.0569. The third kappa shape index (κ3) is 2.56. The summed E-state index contributed by atoms with van der Waals surface area (Å²) in [7, 11) is 0. The van der Waals surface area contributed by atoms with E-state index in [0.29, 0.717) is 10.2 Å². The number of hydrogen-bond donors (Lipinski definition) is 0. The summed E-state index contributed by atoms with van der Waals surface area (Å²) in [6, 6.07) is 4.32. The number of aromatic nitrogens is 1. The van der Waals surface area contributed by atoms with Crippen LogP contribution in [-0.4, -0.2) is 9.81 Å². The third-order valence-corrected chi connectivity index (χ3v) is 6.67. The Hall–Kier alpha value is -0.370. The minimum atomic E-state index is 0.640. The van der Waals surface area contributed by atoms with E-state index in [1.54, 1.807) is 19.3 Å². The Balaban J connectivity index is 1.43. The van der Waals surface area contributed by atoms with E-state index in [1.165, 1.54) is 31.2 Å². The number of halogens is 1. The van der Waals surface area contributed by atoms with E-state index in [1.807, 2.05) is 12.4 Å². The van der Waals surface area contributed by atoms with E-state index < -0.39 is 0 Å². The van der Waals surface area contributed by atoms with Crippen LogP contribution in [-0.2, 0) is 6.42 Å². The molecule has 4 fully saturated rings. The molecule has 1 heterocycles. The van der Waals surface area contributed by atoms with Crippen molar-refractivity contribution in [2.24, 2.45) is 23.2 Å². The molecule has 4 bridgehead atoms. The minimum Gasteiger partial charge on any atom is -0.265 e. The van der Waals surface area contributed by atoms with E-state index in [4.69, 9.17) is 0 Å². The molecule has 4 saturated carbocycles. The monoisotopic (exact) mass is 333 g/mol. The van der Waals surface area contributed by atoms with Crippen molar-refractivity contribution >= 4 is 15.9 Å². The molecule has 0 aliphatic heterocycles. The lowest BCUT2D eigenvalue weighted by Gasteiger charge is -2.57. The second-order valence-corrected chi connectivity index (χ2v) is 9.07. The highest BCUT2D eigenvalue weighted by Crippen LogP contribution is 2.62. The number of nitrogens with zero attached hydrogens (tertiary/aromatic N) is 1. The Morgan fingerprint density at radius 3 is 2.15 bits per heavy atom. The Morgan fingerprint density at radius 2 is 1.60 bits per heavy atom. The van der Waals surface area contributed by atoms with Gasteiger partial charge in [0.25, 0.3) is 0 Å². The molecule has 1 atom stereocenters. The van der Waals surface area contributed by atoms with E-state index in [9.17, 15) is 0 Å². The van der Waals surface area contributed by atoms with E-state index in [2.05, 4.69) is 33.0 Å². The largest absolute Gasteiger partial charge is 0.265 e. The molecule has 20 heavy (non-hydrogen) atoms. The van der Waals surface area contributed by atoms with Crippen LogP contribution in [0.25, 0.3) is 0 Å². The van der Waals surface area contributed by atoms with Crippen LogP contribution in [0.1, 0.15) is 50.5 Å². The van der Waals surface area contributed by atoms with Crippen molar-refractivity contribution in [2.75, 3.05) is 0 Å². The zero-order valence-corrected chi connectivity index (χ0v) is 13.7. The van der Waals surface area contributed by atoms with Gasteiger partial charge in [-0.1, -0.05) is 15.9 Å². The average molecular weight is 334 g/mol. The summed E-state index contributed by atoms with van der Waals surface area (Å²) in [5.74, 6) is 3.21. The molecule has 108 valence electrons. The van der Waals surface area contributed by atoms with Gasteiger partial charge >= 0.3 is 0 Å². The summed E-state index contributed by atoms with van der Waals surface area (Å²) in [5, 5.41) is 0. The maximum absolute atomic E-state index is 4.12. The van der Waals surface area contributed by atoms with Crippen LogP contribution in [0.2, 0.25) is 0 Å². The minimum absolute atomic E-state index is 0.640. The maximum Gasteiger partial charge on any atom is 0.0270 e. The van der Waals surface area contributed by atoms with Gasteiger partial charge < -0.3 is 0 Å². The second-order valence-electron chi connectivity index (χ2n) is 7.78. The zero-order valence-electron chi connectivity index (χ0n) is 12.1. The fraction of sp³-hybridized carbons (Fsp3) is 0.722. The van der Waals surface area contributed by atoms with Crippen LogP contribution in [0.15, 0.2) is 24.5 Å². The van der Waals surface area contributed by atoms with Crippen LogP contribution >= 0.6 is 15.9 Å². The van der Waals surface area contributed by atoms with Crippen molar-refractivity contribution in [3.05, 3.63) is 30.1 Å². The Kier molecular flexibility index (Phi) is 3.41. The molecule has 1 aromatic rings. The van der Waals surface area contributed by atoms with Gasteiger partial charge in [-0.15, -0.1) is 0 Å². The van der Waals surface area contributed by atoms with Crippen LogP contribution in [0.4, 0.5) is 0 Å². The molecular weight excluding hydrogens is 310 g/mol. The van der Waals surface area contributed by atoms with E-state index in [-0.39, 0.29) is 0 Å². The molecule has 0 radical (unpaired) electrons. The van der Waals surface area contributed by atoms with Gasteiger partial charge in [0.05, 0.1) is 0 Å². The molecule has 1 aromatic heterocycles. The average Bonchev–Trinajstić information content (AvgIpc) is 2.37. The van der Waals surface area contributed by atoms with Gasteiger partial charge in [-0.2, -0.15) is 0 Å². The Morgan fingerprint density at radius 1 is 1.05 bits per heavy atom. The van der Waals surface area contributed by atoms with Gasteiger partial charge in [-0.05, 0) is 92.2 Å². The predicted octanol–water partition coefficient (Wildman–Crippen LogP) is 4.99. The molecule has 0 N–H and O–H groups in total. The third-order valence-electron chi connectivity index (χ3n) is 6.03. The number of alkyl halides is 1. The van der Waals surface area contributed by atoms with E-state index >= 15 is 0 Å². The topological polar surface area (TPSA) is 12.9 Å². The molecule has 2 heteroatoms. The predicted molar refractivity (Wildman–Crippen MR) is 85.9 cm³/mol. The summed E-state index contributed by atoms with van der Waals surface area (Å²) >= 11 is 3.98. The summed E-state index contributed by atoms with van der Waals surface area (Å²) < 4.78 is 0. The number of pyridine rings is 1. The highest BCUT2D eigenvalue weighted by atomic mass is 79.9. The SMILES string of the molecule is BrC(Cc1ccncc1)CC12CC3CC(CC(C3)C1)C2. The molecule has 1 nitrogen and oxygen atoms in total. The summed E-state index contributed by atoms with van der Waals surface area (Å²) in [6.45, 7) is 0. The van der Waals surface area contributed by atoms with Crippen LogP contribution in [0, 0.1) is 23.2 Å². The van der Waals surface area contributed by atoms with Crippen molar-refractivity contribution in [3.8, 4) is 0 Å². The quantitative estimate of drug-likeness (QED) is 0.707. The Bertz CT molecular complexity index is 434. The molecule has 0 aromatic carbocycles. The maximum atomic E-state index is 4.12. The molecular formula is C18H24BrN. The van der Waals surface area contributed by atoms with Crippen molar-refractivity contribution in [1.29, 1.82) is 0 Å². The fourth-order valence-corrected chi connectivity index (χ4v) is 6.92. The first-order valence-corrected chi connectivity index (χ1v) is 9.15. The van der Waals surface area contributed by atoms with Crippen molar-refractivity contribution in [2.45, 2.75) is 56.2 Å². The first-order valence-electron chi connectivity index (χ1n) is 8.24. The first-order chi connectivity index (χ1) is 9.71. The van der Waals surface area contributed by atoms with Crippen molar-refractivity contribution < 1.29 is 0 Å². The van der Waals surface area contributed by atoms with Gasteiger partial charge in [-0.25, -0.2) is 0 Å². The fourth-order valence-electron chi connectivity index (χ4n) is 5.86. The van der Waals surface area contributed by atoms with E-state index in [0.717, 1.165) is 24.2 Å². The molecule has 0 amide bonds. The summed E-state index contributed by atoms with van der Waals surface area (Å²) in [6.07, 6.45) is 15.6. The Labute approximate surface area is 130 Å². The van der Waals surface area contributed by atoms with Crippen LogP contribution < -0.4 is 0 Å². The number of hydrogen-bond acceptors (Lipinski definition) is 1. The molecule has 4 aliphatic carbocycles. The lowest BCUT2D eigenvalue weighted by atomic mass is 9.48. The number of rotatable bonds is 4. The smallest absolute Gasteiger partial charge is 0.0270 e. The lowest BCUT2D eigenvalue weighted by Crippen LogP contribution is -2.47. The van der Waals surface area contributed by atoms with Gasteiger partial charge in [0.1, 0.15) is 0 Å². The van der Waals surface area contributed by atoms with Crippen LogP contribution in [0.3, 0.4) is 0 Å². The molecule has 4 aliphatic rings. The normalized spacial score (nSPS) is 40.0. The van der Waals surface area contributed by atoms with Crippen LogP contribution in [0.5, 0.6) is 0 Å². The molecule has 0 saturated heterocycles. The van der Waals surface area contributed by atoms with Gasteiger partial charge in [-0.3, -0.25) is 4.98 Å². The highest BCUT2D eigenvalue weighted by molar-refractivity contribution is 9.09. The second kappa shape index (κ2) is 5.12. The summed E-state index contributed by atoms with van der Waals surface area (Å²) in [4.78, 5) is 4.76. The van der Waals surface area contributed by atoms with Gasteiger partial charge in [0.15, 0.2) is 0 Å².